The molecule has 0 aliphatic heterocycles. The summed E-state index contributed by atoms with van der Waals surface area (Å²) in [5, 5.41) is 12.1. The van der Waals surface area contributed by atoms with Crippen LogP contribution in [0.4, 0.5) is 0 Å². The lowest BCUT2D eigenvalue weighted by Crippen LogP contribution is -2.34. The van der Waals surface area contributed by atoms with Crippen LogP contribution in [0.25, 0.3) is 0 Å². The summed E-state index contributed by atoms with van der Waals surface area (Å²) in [4.78, 5) is 16.1. The Morgan fingerprint density at radius 2 is 2.21 bits per heavy atom. The van der Waals surface area contributed by atoms with Gasteiger partial charge in [0.1, 0.15) is 0 Å². The zero-order chi connectivity index (χ0) is 14.5. The number of nitrogens with zero attached hydrogens (tertiary/aromatic N) is 1. The molecule has 1 rings (SSSR count). The molecule has 0 aliphatic rings. The molecule has 0 saturated heterocycles. The number of pyridine rings is 1. The second-order valence-electron chi connectivity index (χ2n) is 5.48. The van der Waals surface area contributed by atoms with Gasteiger partial charge in [0, 0.05) is 25.0 Å². The molecule has 0 saturated carbocycles. The number of rotatable bonds is 6. The Labute approximate surface area is 119 Å². The molecule has 0 aromatic carbocycles. The minimum absolute atomic E-state index is 0.0526. The first-order chi connectivity index (χ1) is 8.85. The van der Waals surface area contributed by atoms with Gasteiger partial charge in [-0.3, -0.25) is 9.78 Å². The van der Waals surface area contributed by atoms with E-state index in [-0.39, 0.29) is 17.9 Å². The molecule has 1 aromatic heterocycles. The first kappa shape index (κ1) is 15.9. The van der Waals surface area contributed by atoms with Gasteiger partial charge in [0.15, 0.2) is 0 Å². The van der Waals surface area contributed by atoms with E-state index in [4.69, 9.17) is 16.7 Å². The molecule has 0 aliphatic carbocycles. The minimum atomic E-state index is -0.213. The van der Waals surface area contributed by atoms with Crippen LogP contribution in [-0.2, 0) is 0 Å². The van der Waals surface area contributed by atoms with E-state index in [0.29, 0.717) is 17.1 Å². The van der Waals surface area contributed by atoms with E-state index in [0.717, 1.165) is 18.5 Å². The van der Waals surface area contributed by atoms with Crippen LogP contribution in [0, 0.1) is 12.3 Å². The lowest BCUT2D eigenvalue weighted by Gasteiger charge is -2.24. The molecule has 0 fully saturated rings. The van der Waals surface area contributed by atoms with Gasteiger partial charge in [0.05, 0.1) is 10.6 Å². The Hall–Kier alpha value is -1.13. The monoisotopic (exact) mass is 284 g/mol. The van der Waals surface area contributed by atoms with Crippen molar-refractivity contribution in [1.29, 1.82) is 0 Å². The van der Waals surface area contributed by atoms with E-state index in [1.165, 1.54) is 6.20 Å². The number of amides is 1. The zero-order valence-electron chi connectivity index (χ0n) is 11.7. The van der Waals surface area contributed by atoms with Crippen molar-refractivity contribution in [3.8, 4) is 0 Å². The van der Waals surface area contributed by atoms with Crippen LogP contribution >= 0.6 is 11.6 Å². The molecule has 2 N–H and O–H groups in total. The maximum Gasteiger partial charge on any atom is 0.254 e. The number of aryl methyl sites for hydroxylation is 1. The SMILES string of the molecule is Cc1cc(Cl)c(C(=O)NCC(C)(C)CCCO)cn1. The topological polar surface area (TPSA) is 62.2 Å². The van der Waals surface area contributed by atoms with Crippen molar-refractivity contribution in [3.05, 3.63) is 28.5 Å². The number of hydrogen-bond acceptors (Lipinski definition) is 3. The number of aliphatic hydroxyl groups excluding tert-OH is 1. The summed E-state index contributed by atoms with van der Waals surface area (Å²) < 4.78 is 0. The summed E-state index contributed by atoms with van der Waals surface area (Å²) in [5.41, 5.74) is 1.12. The Bertz CT molecular complexity index is 447. The van der Waals surface area contributed by atoms with Crippen molar-refractivity contribution < 1.29 is 9.90 Å². The molecule has 4 nitrogen and oxygen atoms in total. The minimum Gasteiger partial charge on any atom is -0.396 e. The van der Waals surface area contributed by atoms with Crippen LogP contribution in [0.5, 0.6) is 0 Å². The Morgan fingerprint density at radius 1 is 1.53 bits per heavy atom. The third-order valence-corrected chi connectivity index (χ3v) is 3.29. The van der Waals surface area contributed by atoms with E-state index in [1.807, 2.05) is 6.92 Å². The number of aromatic nitrogens is 1. The van der Waals surface area contributed by atoms with E-state index in [2.05, 4.69) is 24.1 Å². The first-order valence-corrected chi connectivity index (χ1v) is 6.75. The van der Waals surface area contributed by atoms with Crippen molar-refractivity contribution in [3.63, 3.8) is 0 Å². The van der Waals surface area contributed by atoms with Gasteiger partial charge in [-0.05, 0) is 31.2 Å². The molecule has 19 heavy (non-hydrogen) atoms. The second-order valence-corrected chi connectivity index (χ2v) is 5.89. The lowest BCUT2D eigenvalue weighted by molar-refractivity contribution is 0.0932. The van der Waals surface area contributed by atoms with E-state index < -0.39 is 0 Å². The van der Waals surface area contributed by atoms with Gasteiger partial charge in [-0.25, -0.2) is 0 Å². The number of halogens is 1. The fourth-order valence-electron chi connectivity index (χ4n) is 1.75. The van der Waals surface area contributed by atoms with E-state index in [1.54, 1.807) is 6.07 Å². The summed E-state index contributed by atoms with van der Waals surface area (Å²) >= 11 is 6.02. The number of carbonyl (C=O) groups excluding carboxylic acids is 1. The summed E-state index contributed by atoms with van der Waals surface area (Å²) in [6, 6.07) is 1.67. The molecular formula is C14H21ClN2O2. The predicted octanol–water partition coefficient (Wildman–Crippen LogP) is 2.57. The summed E-state index contributed by atoms with van der Waals surface area (Å²) in [7, 11) is 0. The number of carbonyl (C=O) groups is 1. The van der Waals surface area contributed by atoms with Crippen LogP contribution in [0.1, 0.15) is 42.7 Å². The standard InChI is InChI=1S/C14H21ClN2O2/c1-10-7-12(15)11(8-16-10)13(19)17-9-14(2,3)5-4-6-18/h7-8,18H,4-6,9H2,1-3H3,(H,17,19). The Morgan fingerprint density at radius 3 is 2.79 bits per heavy atom. The fraction of sp³-hybridized carbons (Fsp3) is 0.571. The number of nitrogens with one attached hydrogen (secondary N) is 1. The maximum atomic E-state index is 12.0. The van der Waals surface area contributed by atoms with Crippen molar-refractivity contribution in [1.82, 2.24) is 10.3 Å². The largest absolute Gasteiger partial charge is 0.396 e. The molecule has 1 heterocycles. The molecular weight excluding hydrogens is 264 g/mol. The zero-order valence-corrected chi connectivity index (χ0v) is 12.4. The van der Waals surface area contributed by atoms with Gasteiger partial charge < -0.3 is 10.4 Å². The van der Waals surface area contributed by atoms with Gasteiger partial charge in [0.2, 0.25) is 0 Å². The van der Waals surface area contributed by atoms with Gasteiger partial charge in [-0.2, -0.15) is 0 Å². The normalized spacial score (nSPS) is 11.4. The highest BCUT2D eigenvalue weighted by Gasteiger charge is 2.19. The van der Waals surface area contributed by atoms with Crippen LogP contribution in [-0.4, -0.2) is 29.1 Å². The van der Waals surface area contributed by atoms with Crippen molar-refractivity contribution in [2.24, 2.45) is 5.41 Å². The lowest BCUT2D eigenvalue weighted by atomic mass is 9.88. The summed E-state index contributed by atoms with van der Waals surface area (Å²) in [6.07, 6.45) is 3.08. The number of aliphatic hydroxyl groups is 1. The average molecular weight is 285 g/mol. The van der Waals surface area contributed by atoms with Crippen molar-refractivity contribution >= 4 is 17.5 Å². The van der Waals surface area contributed by atoms with Crippen molar-refractivity contribution in [2.75, 3.05) is 13.2 Å². The van der Waals surface area contributed by atoms with Gasteiger partial charge >= 0.3 is 0 Å². The Kier molecular flexibility index (Phi) is 5.76. The first-order valence-electron chi connectivity index (χ1n) is 6.37. The molecule has 106 valence electrons. The van der Waals surface area contributed by atoms with Gasteiger partial charge in [0.25, 0.3) is 5.91 Å². The van der Waals surface area contributed by atoms with Crippen molar-refractivity contribution in [2.45, 2.75) is 33.6 Å². The van der Waals surface area contributed by atoms with Crippen LogP contribution in [0.3, 0.4) is 0 Å². The van der Waals surface area contributed by atoms with Crippen LogP contribution in [0.15, 0.2) is 12.3 Å². The van der Waals surface area contributed by atoms with Crippen LogP contribution in [0.2, 0.25) is 5.02 Å². The molecule has 1 amide bonds. The second kappa shape index (κ2) is 6.87. The molecule has 0 atom stereocenters. The third kappa shape index (κ3) is 5.17. The number of hydrogen-bond donors (Lipinski definition) is 2. The van der Waals surface area contributed by atoms with Crippen LogP contribution < -0.4 is 5.32 Å². The van der Waals surface area contributed by atoms with E-state index in [9.17, 15) is 4.79 Å². The highest BCUT2D eigenvalue weighted by molar-refractivity contribution is 6.33. The molecule has 0 radical (unpaired) electrons. The summed E-state index contributed by atoms with van der Waals surface area (Å²) in [6.45, 7) is 6.64. The Balaban J connectivity index is 2.60. The molecule has 5 heteroatoms. The van der Waals surface area contributed by atoms with Gasteiger partial charge in [-0.1, -0.05) is 25.4 Å². The molecule has 0 bridgehead atoms. The van der Waals surface area contributed by atoms with E-state index >= 15 is 0 Å². The summed E-state index contributed by atoms with van der Waals surface area (Å²) in [5.74, 6) is -0.213. The third-order valence-electron chi connectivity index (χ3n) is 2.97. The smallest absolute Gasteiger partial charge is 0.254 e. The molecule has 1 aromatic rings. The highest BCUT2D eigenvalue weighted by atomic mass is 35.5. The maximum absolute atomic E-state index is 12.0. The predicted molar refractivity (Wildman–Crippen MR) is 76.4 cm³/mol. The molecule has 0 spiro atoms. The fourth-order valence-corrected chi connectivity index (χ4v) is 2.05. The average Bonchev–Trinajstić information content (AvgIpc) is 2.34. The quantitative estimate of drug-likeness (QED) is 0.844. The van der Waals surface area contributed by atoms with Gasteiger partial charge in [-0.15, -0.1) is 0 Å². The molecule has 0 unspecified atom stereocenters. The highest BCUT2D eigenvalue weighted by Crippen LogP contribution is 2.21.